The average Bonchev–Trinajstić information content (AvgIpc) is 2.16. The highest BCUT2D eigenvalue weighted by molar-refractivity contribution is 6.43. The molecule has 0 radical (unpaired) electrons. The van der Waals surface area contributed by atoms with Crippen molar-refractivity contribution in [1.29, 1.82) is 5.41 Å². The molecule has 0 aliphatic heterocycles. The first-order valence-corrected chi connectivity index (χ1v) is 4.68. The third kappa shape index (κ3) is 4.13. The van der Waals surface area contributed by atoms with Gasteiger partial charge in [-0.25, -0.2) is 4.79 Å². The van der Waals surface area contributed by atoms with Crippen LogP contribution in [0, 0.1) is 5.41 Å². The van der Waals surface area contributed by atoms with E-state index < -0.39 is 5.97 Å². The summed E-state index contributed by atoms with van der Waals surface area (Å²) in [6.45, 7) is 7.00. The molecule has 0 atom stereocenters. The molecule has 3 nitrogen and oxygen atoms in total. The van der Waals surface area contributed by atoms with E-state index >= 15 is 0 Å². The van der Waals surface area contributed by atoms with E-state index in [0.29, 0.717) is 16.2 Å². The summed E-state index contributed by atoms with van der Waals surface area (Å²) in [5.41, 5.74) is 1.00. The topological polar surface area (TPSA) is 50.2 Å². The molecule has 82 valence electrons. The summed E-state index contributed by atoms with van der Waals surface area (Å²) in [6, 6.07) is 0. The fourth-order valence-corrected chi connectivity index (χ4v) is 1.26. The molecule has 0 aromatic heterocycles. The summed E-state index contributed by atoms with van der Waals surface area (Å²) in [4.78, 5) is 11.1. The second-order valence-corrected chi connectivity index (χ2v) is 3.33. The maximum absolute atomic E-state index is 11.1. The van der Waals surface area contributed by atoms with Gasteiger partial charge in [0.05, 0.1) is 7.11 Å². The van der Waals surface area contributed by atoms with Crippen LogP contribution in [0.25, 0.3) is 0 Å². The SMILES string of the molecule is C=C(Cl)/C=C(C)\C(=C/C)C(=N)C(=O)OC. The van der Waals surface area contributed by atoms with Crippen LogP contribution in [-0.4, -0.2) is 18.8 Å². The minimum absolute atomic E-state index is 0.188. The molecule has 0 aliphatic carbocycles. The van der Waals surface area contributed by atoms with Gasteiger partial charge in [0.1, 0.15) is 5.71 Å². The van der Waals surface area contributed by atoms with E-state index in [1.165, 1.54) is 7.11 Å². The summed E-state index contributed by atoms with van der Waals surface area (Å²) in [5.74, 6) is -0.670. The molecule has 0 amide bonds. The summed E-state index contributed by atoms with van der Waals surface area (Å²) in [5, 5.41) is 7.92. The number of hydrogen-bond acceptors (Lipinski definition) is 3. The first kappa shape index (κ1) is 13.7. The Balaban J connectivity index is 5.04. The Morgan fingerprint density at radius 3 is 2.40 bits per heavy atom. The second-order valence-electron chi connectivity index (χ2n) is 2.84. The van der Waals surface area contributed by atoms with Crippen molar-refractivity contribution in [3.8, 4) is 0 Å². The molecule has 0 fully saturated rings. The standard InChI is InChI=1S/C11H14ClNO2/c1-5-9(7(2)6-8(3)12)10(13)11(14)15-4/h5-6,13H,3H2,1-2,4H3/b7-6-,9-5+,13-10?. The lowest BCUT2D eigenvalue weighted by molar-refractivity contribution is -0.132. The predicted molar refractivity (Wildman–Crippen MR) is 62.2 cm³/mol. The number of methoxy groups -OCH3 is 1. The molecular weight excluding hydrogens is 214 g/mol. The van der Waals surface area contributed by atoms with Crippen molar-refractivity contribution >= 4 is 23.3 Å². The van der Waals surface area contributed by atoms with Crippen LogP contribution in [0.1, 0.15) is 13.8 Å². The average molecular weight is 228 g/mol. The quantitative estimate of drug-likeness (QED) is 0.456. The van der Waals surface area contributed by atoms with E-state index in [4.69, 9.17) is 17.0 Å². The van der Waals surface area contributed by atoms with Gasteiger partial charge in [0.15, 0.2) is 0 Å². The first-order valence-electron chi connectivity index (χ1n) is 4.30. The molecule has 4 heteroatoms. The van der Waals surface area contributed by atoms with Gasteiger partial charge in [-0.15, -0.1) is 0 Å². The van der Waals surface area contributed by atoms with Crippen LogP contribution < -0.4 is 0 Å². The Kier molecular flexibility index (Phi) is 5.64. The normalized spacial score (nSPS) is 12.3. The highest BCUT2D eigenvalue weighted by atomic mass is 35.5. The molecule has 0 aromatic carbocycles. The molecule has 0 spiro atoms. The second kappa shape index (κ2) is 6.19. The number of halogens is 1. The molecule has 0 aliphatic rings. The molecule has 0 rings (SSSR count). The molecule has 0 heterocycles. The van der Waals surface area contributed by atoms with Gasteiger partial charge in [-0.2, -0.15) is 0 Å². The van der Waals surface area contributed by atoms with Gasteiger partial charge in [-0.05, 0) is 25.5 Å². The monoisotopic (exact) mass is 227 g/mol. The smallest absolute Gasteiger partial charge is 0.356 e. The van der Waals surface area contributed by atoms with Crippen molar-refractivity contribution < 1.29 is 9.53 Å². The maximum atomic E-state index is 11.1. The molecule has 1 N–H and O–H groups in total. The Morgan fingerprint density at radius 1 is 1.53 bits per heavy atom. The van der Waals surface area contributed by atoms with E-state index in [1.807, 2.05) is 0 Å². The number of hydrogen-bond donors (Lipinski definition) is 1. The molecule has 0 aromatic rings. The molecule has 15 heavy (non-hydrogen) atoms. The van der Waals surface area contributed by atoms with Gasteiger partial charge in [0.2, 0.25) is 0 Å². The summed E-state index contributed by atoms with van der Waals surface area (Å²) in [6.07, 6.45) is 3.25. The zero-order chi connectivity index (χ0) is 12.0. The molecule has 0 saturated carbocycles. The molecule has 0 saturated heterocycles. The number of allylic oxidation sites excluding steroid dienone is 4. The lowest BCUT2D eigenvalue weighted by Gasteiger charge is -2.07. The van der Waals surface area contributed by atoms with Gasteiger partial charge in [-0.1, -0.05) is 24.3 Å². The number of esters is 1. The number of ether oxygens (including phenoxy) is 1. The van der Waals surface area contributed by atoms with Gasteiger partial charge < -0.3 is 4.74 Å². The lowest BCUT2D eigenvalue weighted by Crippen LogP contribution is -2.17. The van der Waals surface area contributed by atoms with E-state index in [1.54, 1.807) is 26.0 Å². The van der Waals surface area contributed by atoms with Crippen LogP contribution in [-0.2, 0) is 9.53 Å². The highest BCUT2D eigenvalue weighted by Gasteiger charge is 2.15. The Morgan fingerprint density at radius 2 is 2.07 bits per heavy atom. The zero-order valence-corrected chi connectivity index (χ0v) is 9.81. The summed E-state index contributed by atoms with van der Waals surface area (Å²) < 4.78 is 4.46. The zero-order valence-electron chi connectivity index (χ0n) is 9.06. The molecular formula is C11H14ClNO2. The van der Waals surface area contributed by atoms with Crippen LogP contribution in [0.3, 0.4) is 0 Å². The van der Waals surface area contributed by atoms with Crippen molar-refractivity contribution in [2.24, 2.45) is 0 Å². The van der Waals surface area contributed by atoms with Gasteiger partial charge in [0.25, 0.3) is 0 Å². The van der Waals surface area contributed by atoms with Gasteiger partial charge in [0, 0.05) is 10.6 Å². The van der Waals surface area contributed by atoms with Crippen LogP contribution in [0.4, 0.5) is 0 Å². The van der Waals surface area contributed by atoms with Gasteiger partial charge in [-0.3, -0.25) is 5.41 Å². The van der Waals surface area contributed by atoms with Crippen LogP contribution in [0.2, 0.25) is 0 Å². The van der Waals surface area contributed by atoms with Crippen molar-refractivity contribution in [3.63, 3.8) is 0 Å². The van der Waals surface area contributed by atoms with E-state index in [-0.39, 0.29) is 5.71 Å². The van der Waals surface area contributed by atoms with Gasteiger partial charge >= 0.3 is 5.97 Å². The van der Waals surface area contributed by atoms with E-state index in [0.717, 1.165) is 0 Å². The number of rotatable bonds is 4. The maximum Gasteiger partial charge on any atom is 0.356 e. The molecule has 0 bridgehead atoms. The molecule has 0 unspecified atom stereocenters. The van der Waals surface area contributed by atoms with E-state index in [2.05, 4.69) is 11.3 Å². The first-order chi connectivity index (χ1) is 6.93. The fraction of sp³-hybridized carbons (Fsp3) is 0.273. The largest absolute Gasteiger partial charge is 0.464 e. The van der Waals surface area contributed by atoms with Crippen LogP contribution in [0.5, 0.6) is 0 Å². The number of carbonyl (C=O) groups excluding carboxylic acids is 1. The summed E-state index contributed by atoms with van der Waals surface area (Å²) in [7, 11) is 1.24. The Labute approximate surface area is 94.6 Å². The van der Waals surface area contributed by atoms with E-state index in [9.17, 15) is 4.79 Å². The highest BCUT2D eigenvalue weighted by Crippen LogP contribution is 2.15. The summed E-state index contributed by atoms with van der Waals surface area (Å²) >= 11 is 5.61. The number of carbonyl (C=O) groups is 1. The van der Waals surface area contributed by atoms with Crippen molar-refractivity contribution in [3.05, 3.63) is 34.9 Å². The Bertz CT molecular complexity index is 354. The fourth-order valence-electron chi connectivity index (χ4n) is 1.09. The predicted octanol–water partition coefficient (Wildman–Crippen LogP) is 2.82. The van der Waals surface area contributed by atoms with Crippen LogP contribution >= 0.6 is 11.6 Å². The minimum atomic E-state index is -0.670. The lowest BCUT2D eigenvalue weighted by atomic mass is 10.0. The van der Waals surface area contributed by atoms with Crippen molar-refractivity contribution in [1.82, 2.24) is 0 Å². The third-order valence-corrected chi connectivity index (χ3v) is 1.85. The number of nitrogens with one attached hydrogen (secondary N) is 1. The van der Waals surface area contributed by atoms with Crippen LogP contribution in [0.15, 0.2) is 34.9 Å². The third-order valence-electron chi connectivity index (χ3n) is 1.75. The van der Waals surface area contributed by atoms with Crippen molar-refractivity contribution in [2.75, 3.05) is 7.11 Å². The Hall–Kier alpha value is -1.35. The van der Waals surface area contributed by atoms with Crippen molar-refractivity contribution in [2.45, 2.75) is 13.8 Å². The minimum Gasteiger partial charge on any atom is -0.464 e.